The Kier molecular flexibility index (Phi) is 4.84. The molecule has 2 rings (SSSR count). The standard InChI is InChI=1S/C13H14FN3O5S/c1-20-11-5-4-8(6-9(11)14)23(18,19)17-10-7-15-13(22-3)16-12(10)21-2/h4-7,17H,1-3H3. The Balaban J connectivity index is 2.36. The highest BCUT2D eigenvalue weighted by Crippen LogP contribution is 2.27. The Morgan fingerprint density at radius 1 is 1.13 bits per heavy atom. The summed E-state index contributed by atoms with van der Waals surface area (Å²) >= 11 is 0. The molecule has 0 radical (unpaired) electrons. The number of aromatic nitrogens is 2. The van der Waals surface area contributed by atoms with Crippen molar-refractivity contribution >= 4 is 15.7 Å². The third-order valence-corrected chi connectivity index (χ3v) is 4.15. The monoisotopic (exact) mass is 343 g/mol. The molecule has 8 nitrogen and oxygen atoms in total. The largest absolute Gasteiger partial charge is 0.494 e. The van der Waals surface area contributed by atoms with Gasteiger partial charge in [0.25, 0.3) is 10.0 Å². The minimum absolute atomic E-state index is 0.00970. The molecule has 0 fully saturated rings. The molecule has 0 atom stereocenters. The van der Waals surface area contributed by atoms with Gasteiger partial charge in [-0.2, -0.15) is 4.98 Å². The molecular formula is C13H14FN3O5S. The van der Waals surface area contributed by atoms with E-state index in [1.54, 1.807) is 0 Å². The molecule has 1 aromatic carbocycles. The fourth-order valence-electron chi connectivity index (χ4n) is 1.69. The van der Waals surface area contributed by atoms with Crippen molar-refractivity contribution in [2.24, 2.45) is 0 Å². The summed E-state index contributed by atoms with van der Waals surface area (Å²) < 4.78 is 55.1. The van der Waals surface area contributed by atoms with Crippen LogP contribution in [0.4, 0.5) is 10.1 Å². The number of nitrogens with zero attached hydrogens (tertiary/aromatic N) is 2. The minimum atomic E-state index is -4.06. The number of hydrogen-bond acceptors (Lipinski definition) is 7. The molecule has 0 unspecified atom stereocenters. The summed E-state index contributed by atoms with van der Waals surface area (Å²) in [5, 5.41) is 0. The van der Waals surface area contributed by atoms with Crippen LogP contribution in [0.3, 0.4) is 0 Å². The Morgan fingerprint density at radius 2 is 1.87 bits per heavy atom. The van der Waals surface area contributed by atoms with Crippen LogP contribution in [0, 0.1) is 5.82 Å². The number of ether oxygens (including phenoxy) is 3. The van der Waals surface area contributed by atoms with Crippen LogP contribution in [-0.2, 0) is 10.0 Å². The van der Waals surface area contributed by atoms with Crippen LogP contribution < -0.4 is 18.9 Å². The number of benzene rings is 1. The molecule has 1 aromatic heterocycles. The van der Waals surface area contributed by atoms with Crippen molar-refractivity contribution in [3.8, 4) is 17.6 Å². The van der Waals surface area contributed by atoms with Gasteiger partial charge in [0, 0.05) is 0 Å². The van der Waals surface area contributed by atoms with Crippen molar-refractivity contribution in [3.05, 3.63) is 30.2 Å². The zero-order chi connectivity index (χ0) is 17.0. The van der Waals surface area contributed by atoms with E-state index in [4.69, 9.17) is 14.2 Å². The molecule has 0 aliphatic rings. The quantitative estimate of drug-likeness (QED) is 0.847. The highest BCUT2D eigenvalue weighted by atomic mass is 32.2. The minimum Gasteiger partial charge on any atom is -0.494 e. The van der Waals surface area contributed by atoms with Crippen LogP contribution in [0.15, 0.2) is 29.3 Å². The van der Waals surface area contributed by atoms with Crippen LogP contribution in [0.25, 0.3) is 0 Å². The molecule has 2 aromatic rings. The molecular weight excluding hydrogens is 329 g/mol. The molecule has 0 saturated heterocycles. The van der Waals surface area contributed by atoms with Gasteiger partial charge in [0.1, 0.15) is 5.69 Å². The summed E-state index contributed by atoms with van der Waals surface area (Å²) in [4.78, 5) is 7.37. The Hall–Kier alpha value is -2.62. The Bertz CT molecular complexity index is 813. The predicted octanol–water partition coefficient (Wildman–Crippen LogP) is 1.44. The zero-order valence-electron chi connectivity index (χ0n) is 12.5. The summed E-state index contributed by atoms with van der Waals surface area (Å²) in [6.07, 6.45) is 1.18. The van der Waals surface area contributed by atoms with Gasteiger partial charge >= 0.3 is 6.01 Å². The first kappa shape index (κ1) is 16.7. The smallest absolute Gasteiger partial charge is 0.319 e. The van der Waals surface area contributed by atoms with E-state index in [1.165, 1.54) is 39.7 Å². The fraction of sp³-hybridized carbons (Fsp3) is 0.231. The lowest BCUT2D eigenvalue weighted by molar-refractivity contribution is 0.353. The summed E-state index contributed by atoms with van der Waals surface area (Å²) in [6, 6.07) is 3.28. The van der Waals surface area contributed by atoms with E-state index in [0.717, 1.165) is 6.07 Å². The maximum absolute atomic E-state index is 13.7. The van der Waals surface area contributed by atoms with E-state index in [-0.39, 0.29) is 28.2 Å². The number of halogens is 1. The molecule has 10 heteroatoms. The molecule has 0 aliphatic carbocycles. The third-order valence-electron chi connectivity index (χ3n) is 2.79. The molecule has 0 spiro atoms. The van der Waals surface area contributed by atoms with Crippen molar-refractivity contribution in [3.63, 3.8) is 0 Å². The molecule has 1 heterocycles. The number of nitrogens with one attached hydrogen (secondary N) is 1. The van der Waals surface area contributed by atoms with Crippen LogP contribution in [0.5, 0.6) is 17.6 Å². The topological polar surface area (TPSA) is 99.6 Å². The summed E-state index contributed by atoms with van der Waals surface area (Å²) in [5.74, 6) is -0.892. The molecule has 124 valence electrons. The lowest BCUT2D eigenvalue weighted by Gasteiger charge is -2.12. The zero-order valence-corrected chi connectivity index (χ0v) is 13.3. The normalized spacial score (nSPS) is 11.0. The lowest BCUT2D eigenvalue weighted by Crippen LogP contribution is -2.15. The maximum atomic E-state index is 13.7. The van der Waals surface area contributed by atoms with Gasteiger partial charge in [-0.15, -0.1) is 0 Å². The summed E-state index contributed by atoms with van der Waals surface area (Å²) in [7, 11) is -0.105. The maximum Gasteiger partial charge on any atom is 0.319 e. The van der Waals surface area contributed by atoms with Crippen molar-refractivity contribution in [2.75, 3.05) is 26.1 Å². The van der Waals surface area contributed by atoms with Gasteiger partial charge in [-0.1, -0.05) is 0 Å². The van der Waals surface area contributed by atoms with Crippen molar-refractivity contribution in [1.82, 2.24) is 9.97 Å². The van der Waals surface area contributed by atoms with Crippen LogP contribution >= 0.6 is 0 Å². The molecule has 0 bridgehead atoms. The van der Waals surface area contributed by atoms with E-state index in [2.05, 4.69) is 14.7 Å². The Morgan fingerprint density at radius 3 is 2.43 bits per heavy atom. The summed E-state index contributed by atoms with van der Waals surface area (Å²) in [6.45, 7) is 0. The van der Waals surface area contributed by atoms with Crippen LogP contribution in [0.2, 0.25) is 0 Å². The van der Waals surface area contributed by atoms with Crippen molar-refractivity contribution in [1.29, 1.82) is 0 Å². The SMILES string of the molecule is COc1ncc(NS(=O)(=O)c2ccc(OC)c(F)c2)c(OC)n1. The van der Waals surface area contributed by atoms with Crippen molar-refractivity contribution in [2.45, 2.75) is 4.90 Å². The van der Waals surface area contributed by atoms with Crippen LogP contribution in [0.1, 0.15) is 0 Å². The highest BCUT2D eigenvalue weighted by Gasteiger charge is 2.20. The molecule has 0 saturated carbocycles. The van der Waals surface area contributed by atoms with Gasteiger partial charge in [-0.05, 0) is 18.2 Å². The van der Waals surface area contributed by atoms with Gasteiger partial charge in [-0.3, -0.25) is 4.72 Å². The van der Waals surface area contributed by atoms with E-state index >= 15 is 0 Å². The number of sulfonamides is 1. The number of rotatable bonds is 6. The van der Waals surface area contributed by atoms with E-state index < -0.39 is 15.8 Å². The molecule has 23 heavy (non-hydrogen) atoms. The number of anilines is 1. The average molecular weight is 343 g/mol. The number of hydrogen-bond donors (Lipinski definition) is 1. The Labute approximate surface area is 132 Å². The average Bonchev–Trinajstić information content (AvgIpc) is 2.54. The van der Waals surface area contributed by atoms with Gasteiger partial charge in [0.05, 0.1) is 32.4 Å². The van der Waals surface area contributed by atoms with E-state index in [9.17, 15) is 12.8 Å². The fourth-order valence-corrected chi connectivity index (χ4v) is 2.75. The lowest BCUT2D eigenvalue weighted by atomic mass is 10.3. The second kappa shape index (κ2) is 6.65. The molecule has 0 aliphatic heterocycles. The third kappa shape index (κ3) is 3.59. The van der Waals surface area contributed by atoms with Gasteiger partial charge in [-0.25, -0.2) is 17.8 Å². The van der Waals surface area contributed by atoms with Crippen LogP contribution in [-0.4, -0.2) is 39.7 Å². The van der Waals surface area contributed by atoms with Crippen molar-refractivity contribution < 1.29 is 27.0 Å². The second-order valence-corrected chi connectivity index (χ2v) is 5.86. The molecule has 1 N–H and O–H groups in total. The second-order valence-electron chi connectivity index (χ2n) is 4.18. The molecule has 0 amide bonds. The van der Waals surface area contributed by atoms with E-state index in [0.29, 0.717) is 0 Å². The first-order valence-electron chi connectivity index (χ1n) is 6.22. The van der Waals surface area contributed by atoms with Gasteiger partial charge in [0.15, 0.2) is 11.6 Å². The van der Waals surface area contributed by atoms with Gasteiger partial charge < -0.3 is 14.2 Å². The first-order valence-corrected chi connectivity index (χ1v) is 7.71. The first-order chi connectivity index (χ1) is 10.9. The summed E-state index contributed by atoms with van der Waals surface area (Å²) in [5.41, 5.74) is -0.00970. The predicted molar refractivity (Wildman–Crippen MR) is 78.9 cm³/mol. The highest BCUT2D eigenvalue weighted by molar-refractivity contribution is 7.92. The van der Waals surface area contributed by atoms with Gasteiger partial charge in [0.2, 0.25) is 5.88 Å². The number of methoxy groups -OCH3 is 3. The van der Waals surface area contributed by atoms with E-state index in [1.807, 2.05) is 0 Å².